The molecule has 1 fully saturated rings. The van der Waals surface area contributed by atoms with Gasteiger partial charge in [-0.2, -0.15) is 0 Å². The van der Waals surface area contributed by atoms with Gasteiger partial charge in [0.05, 0.1) is 0 Å². The Morgan fingerprint density at radius 2 is 1.92 bits per heavy atom. The van der Waals surface area contributed by atoms with Crippen molar-refractivity contribution in [1.29, 1.82) is 0 Å². The molecule has 0 aromatic heterocycles. The lowest BCUT2D eigenvalue weighted by atomic mass is 9.86. The predicted molar refractivity (Wildman–Crippen MR) is 57.7 cm³/mol. The van der Waals surface area contributed by atoms with Gasteiger partial charge in [0.2, 0.25) is 0 Å². The lowest BCUT2D eigenvalue weighted by molar-refractivity contribution is 0.0674. The van der Waals surface area contributed by atoms with E-state index in [4.69, 9.17) is 5.73 Å². The van der Waals surface area contributed by atoms with Gasteiger partial charge in [-0.15, -0.1) is 0 Å². The Hall–Kier alpha value is -0.0800. The van der Waals surface area contributed by atoms with Crippen LogP contribution in [-0.2, 0) is 0 Å². The molecule has 0 aliphatic carbocycles. The van der Waals surface area contributed by atoms with E-state index in [1.54, 1.807) is 0 Å². The van der Waals surface area contributed by atoms with Gasteiger partial charge in [0.1, 0.15) is 0 Å². The number of hydrogen-bond acceptors (Lipinski definition) is 2. The molecule has 13 heavy (non-hydrogen) atoms. The van der Waals surface area contributed by atoms with Gasteiger partial charge in [0, 0.05) is 17.6 Å². The molecule has 1 saturated heterocycles. The standard InChI is InChI=1S/C11H24N2/c1-9(2)13-8-6-5-7-10(13)11(3,4)12/h9-10H,5-8,12H2,1-4H3. The van der Waals surface area contributed by atoms with Crippen molar-refractivity contribution in [2.24, 2.45) is 5.73 Å². The topological polar surface area (TPSA) is 29.3 Å². The van der Waals surface area contributed by atoms with Crippen LogP contribution in [0.1, 0.15) is 47.0 Å². The van der Waals surface area contributed by atoms with Crippen LogP contribution in [0.3, 0.4) is 0 Å². The second-order valence-electron chi connectivity index (χ2n) is 5.16. The number of hydrogen-bond donors (Lipinski definition) is 1. The van der Waals surface area contributed by atoms with Crippen LogP contribution in [0.2, 0.25) is 0 Å². The van der Waals surface area contributed by atoms with Gasteiger partial charge >= 0.3 is 0 Å². The van der Waals surface area contributed by atoms with Crippen molar-refractivity contribution < 1.29 is 0 Å². The Morgan fingerprint density at radius 3 is 2.31 bits per heavy atom. The fraction of sp³-hybridized carbons (Fsp3) is 1.00. The quantitative estimate of drug-likeness (QED) is 0.711. The Bertz CT molecular complexity index is 158. The molecule has 1 unspecified atom stereocenters. The summed E-state index contributed by atoms with van der Waals surface area (Å²) in [5.74, 6) is 0. The molecule has 0 spiro atoms. The first-order chi connectivity index (χ1) is 5.93. The van der Waals surface area contributed by atoms with E-state index in [-0.39, 0.29) is 5.54 Å². The first-order valence-electron chi connectivity index (χ1n) is 5.47. The fourth-order valence-corrected chi connectivity index (χ4v) is 2.37. The van der Waals surface area contributed by atoms with Crippen molar-refractivity contribution in [3.05, 3.63) is 0 Å². The first kappa shape index (κ1) is 11.0. The molecule has 0 amide bonds. The lowest BCUT2D eigenvalue weighted by Gasteiger charge is -2.45. The van der Waals surface area contributed by atoms with Crippen LogP contribution in [0.15, 0.2) is 0 Å². The first-order valence-corrected chi connectivity index (χ1v) is 5.47. The summed E-state index contributed by atoms with van der Waals surface area (Å²) in [7, 11) is 0. The minimum atomic E-state index is -0.0509. The molecule has 1 atom stereocenters. The largest absolute Gasteiger partial charge is 0.324 e. The van der Waals surface area contributed by atoms with Crippen molar-refractivity contribution >= 4 is 0 Å². The van der Waals surface area contributed by atoms with E-state index in [0.29, 0.717) is 12.1 Å². The van der Waals surface area contributed by atoms with Crippen molar-refractivity contribution in [1.82, 2.24) is 4.90 Å². The maximum absolute atomic E-state index is 6.20. The molecule has 0 saturated carbocycles. The Balaban J connectivity index is 2.67. The Kier molecular flexibility index (Phi) is 3.36. The molecule has 1 aliphatic heterocycles. The second-order valence-corrected chi connectivity index (χ2v) is 5.16. The van der Waals surface area contributed by atoms with E-state index in [2.05, 4.69) is 32.6 Å². The third-order valence-electron chi connectivity index (χ3n) is 3.07. The zero-order chi connectivity index (χ0) is 10.1. The highest BCUT2D eigenvalue weighted by Gasteiger charge is 2.33. The van der Waals surface area contributed by atoms with Crippen LogP contribution < -0.4 is 5.73 Å². The zero-order valence-corrected chi connectivity index (χ0v) is 9.51. The molecular formula is C11H24N2. The van der Waals surface area contributed by atoms with Gasteiger partial charge in [-0.1, -0.05) is 6.42 Å². The number of piperidine rings is 1. The van der Waals surface area contributed by atoms with Crippen molar-refractivity contribution in [2.45, 2.75) is 64.6 Å². The van der Waals surface area contributed by atoms with Crippen LogP contribution in [0, 0.1) is 0 Å². The van der Waals surface area contributed by atoms with Crippen LogP contribution in [-0.4, -0.2) is 29.1 Å². The zero-order valence-electron chi connectivity index (χ0n) is 9.51. The molecule has 0 aromatic rings. The molecule has 1 aliphatic rings. The molecule has 0 radical (unpaired) electrons. The molecule has 0 bridgehead atoms. The number of nitrogens with two attached hydrogens (primary N) is 1. The highest BCUT2D eigenvalue weighted by atomic mass is 15.2. The molecule has 1 rings (SSSR count). The third-order valence-corrected chi connectivity index (χ3v) is 3.07. The van der Waals surface area contributed by atoms with Crippen LogP contribution in [0.4, 0.5) is 0 Å². The summed E-state index contributed by atoms with van der Waals surface area (Å²) in [6.45, 7) is 10.1. The summed E-state index contributed by atoms with van der Waals surface area (Å²) >= 11 is 0. The molecule has 2 nitrogen and oxygen atoms in total. The minimum Gasteiger partial charge on any atom is -0.324 e. The molecule has 0 aromatic carbocycles. The molecule has 2 heteroatoms. The van der Waals surface area contributed by atoms with Gasteiger partial charge in [0.25, 0.3) is 0 Å². The van der Waals surface area contributed by atoms with Crippen LogP contribution in [0.25, 0.3) is 0 Å². The SMILES string of the molecule is CC(C)N1CCCCC1C(C)(C)N. The average Bonchev–Trinajstić information content (AvgIpc) is 2.03. The van der Waals surface area contributed by atoms with Crippen molar-refractivity contribution in [3.8, 4) is 0 Å². The summed E-state index contributed by atoms with van der Waals surface area (Å²) < 4.78 is 0. The fourth-order valence-electron chi connectivity index (χ4n) is 2.37. The lowest BCUT2D eigenvalue weighted by Crippen LogP contribution is -2.58. The third kappa shape index (κ3) is 2.68. The Morgan fingerprint density at radius 1 is 1.31 bits per heavy atom. The van der Waals surface area contributed by atoms with Gasteiger partial charge in [-0.3, -0.25) is 4.90 Å². The summed E-state index contributed by atoms with van der Waals surface area (Å²) in [4.78, 5) is 2.56. The smallest absolute Gasteiger partial charge is 0.0273 e. The van der Waals surface area contributed by atoms with Gasteiger partial charge in [-0.05, 0) is 47.1 Å². The van der Waals surface area contributed by atoms with Crippen molar-refractivity contribution in [3.63, 3.8) is 0 Å². The monoisotopic (exact) mass is 184 g/mol. The van der Waals surface area contributed by atoms with Gasteiger partial charge in [-0.25, -0.2) is 0 Å². The van der Waals surface area contributed by atoms with Gasteiger partial charge < -0.3 is 5.73 Å². The Labute approximate surface area is 82.5 Å². The number of likely N-dealkylation sites (tertiary alicyclic amines) is 1. The highest BCUT2D eigenvalue weighted by molar-refractivity contribution is 4.93. The summed E-state index contributed by atoms with van der Waals surface area (Å²) in [5, 5.41) is 0. The van der Waals surface area contributed by atoms with E-state index < -0.39 is 0 Å². The molecule has 1 heterocycles. The highest BCUT2D eigenvalue weighted by Crippen LogP contribution is 2.25. The van der Waals surface area contributed by atoms with Crippen molar-refractivity contribution in [2.75, 3.05) is 6.54 Å². The average molecular weight is 184 g/mol. The molecule has 78 valence electrons. The summed E-state index contributed by atoms with van der Waals surface area (Å²) in [6.07, 6.45) is 3.95. The molecular weight excluding hydrogens is 160 g/mol. The van der Waals surface area contributed by atoms with Crippen LogP contribution >= 0.6 is 0 Å². The summed E-state index contributed by atoms with van der Waals surface area (Å²) in [6, 6.07) is 1.20. The van der Waals surface area contributed by atoms with Crippen LogP contribution in [0.5, 0.6) is 0 Å². The minimum absolute atomic E-state index is 0.0509. The van der Waals surface area contributed by atoms with E-state index >= 15 is 0 Å². The predicted octanol–water partition coefficient (Wildman–Crippen LogP) is 1.99. The van der Waals surface area contributed by atoms with E-state index in [1.807, 2.05) is 0 Å². The van der Waals surface area contributed by atoms with E-state index in [1.165, 1.54) is 25.8 Å². The summed E-state index contributed by atoms with van der Waals surface area (Å²) in [5.41, 5.74) is 6.15. The number of rotatable bonds is 2. The van der Waals surface area contributed by atoms with Gasteiger partial charge in [0.15, 0.2) is 0 Å². The second kappa shape index (κ2) is 3.97. The normalized spacial score (nSPS) is 26.8. The maximum Gasteiger partial charge on any atom is 0.0273 e. The number of nitrogens with zero attached hydrogens (tertiary/aromatic N) is 1. The maximum atomic E-state index is 6.20. The van der Waals surface area contributed by atoms with E-state index in [0.717, 1.165) is 0 Å². The van der Waals surface area contributed by atoms with E-state index in [9.17, 15) is 0 Å². The molecule has 2 N–H and O–H groups in total.